The van der Waals surface area contributed by atoms with Crippen LogP contribution in [0.1, 0.15) is 46.4 Å². The Balaban J connectivity index is 3.04. The second-order valence-electron chi connectivity index (χ2n) is 3.93. The smallest absolute Gasteiger partial charge is 0.162 e. The summed E-state index contributed by atoms with van der Waals surface area (Å²) in [5.74, 6) is 1.64. The zero-order valence-electron chi connectivity index (χ0n) is 11.3. The van der Waals surface area contributed by atoms with Gasteiger partial charge in [0.1, 0.15) is 11.4 Å². The number of hydrogen-bond donors (Lipinski definition) is 1. The summed E-state index contributed by atoms with van der Waals surface area (Å²) in [7, 11) is 0. The lowest BCUT2D eigenvalue weighted by Crippen LogP contribution is -2.31. The molecule has 0 aliphatic heterocycles. The molecule has 0 saturated heterocycles. The summed E-state index contributed by atoms with van der Waals surface area (Å²) >= 11 is 0. The predicted octanol–water partition coefficient (Wildman–Crippen LogP) is 2.96. The topological polar surface area (TPSA) is 47.0 Å². The number of ether oxygens (including phenoxy) is 1. The zero-order valence-corrected chi connectivity index (χ0v) is 11.3. The van der Waals surface area contributed by atoms with Crippen molar-refractivity contribution in [3.8, 4) is 0 Å². The monoisotopic (exact) mass is 237 g/mol. The van der Waals surface area contributed by atoms with E-state index in [-0.39, 0.29) is 5.60 Å². The molecule has 1 aromatic rings. The van der Waals surface area contributed by atoms with Gasteiger partial charge in [-0.3, -0.25) is 0 Å². The van der Waals surface area contributed by atoms with Crippen molar-refractivity contribution in [2.45, 2.75) is 46.1 Å². The molecular weight excluding hydrogens is 214 g/mol. The number of rotatable bonds is 7. The van der Waals surface area contributed by atoms with Crippen molar-refractivity contribution < 1.29 is 4.74 Å². The third-order valence-electron chi connectivity index (χ3n) is 2.98. The molecule has 0 saturated carbocycles. The van der Waals surface area contributed by atoms with Gasteiger partial charge in [-0.1, -0.05) is 13.8 Å². The minimum absolute atomic E-state index is 0.347. The summed E-state index contributed by atoms with van der Waals surface area (Å²) in [4.78, 5) is 8.93. The lowest BCUT2D eigenvalue weighted by Gasteiger charge is -2.30. The molecule has 96 valence electrons. The molecule has 1 aromatic heterocycles. The van der Waals surface area contributed by atoms with Gasteiger partial charge in [-0.25, -0.2) is 9.97 Å². The highest BCUT2D eigenvalue weighted by atomic mass is 16.5. The van der Waals surface area contributed by atoms with Gasteiger partial charge in [0.25, 0.3) is 0 Å². The normalized spacial score (nSPS) is 11.5. The van der Waals surface area contributed by atoms with E-state index in [1.807, 2.05) is 13.0 Å². The molecule has 0 amide bonds. The molecule has 0 aliphatic carbocycles. The highest BCUT2D eigenvalue weighted by molar-refractivity contribution is 5.33. The van der Waals surface area contributed by atoms with Crippen molar-refractivity contribution in [3.63, 3.8) is 0 Å². The quantitative estimate of drug-likeness (QED) is 0.792. The summed E-state index contributed by atoms with van der Waals surface area (Å²) in [6, 6.07) is 1.88. The molecule has 0 aliphatic rings. The Bertz CT molecular complexity index is 337. The van der Waals surface area contributed by atoms with Crippen LogP contribution in [0.4, 0.5) is 5.82 Å². The van der Waals surface area contributed by atoms with Crippen LogP contribution in [-0.4, -0.2) is 23.1 Å². The lowest BCUT2D eigenvalue weighted by atomic mass is 9.96. The number of nitrogens with zero attached hydrogens (tertiary/aromatic N) is 2. The van der Waals surface area contributed by atoms with Crippen LogP contribution in [0.5, 0.6) is 0 Å². The third-order valence-corrected chi connectivity index (χ3v) is 2.98. The zero-order chi connectivity index (χ0) is 12.7. The average molecular weight is 237 g/mol. The first-order valence-corrected chi connectivity index (χ1v) is 6.43. The van der Waals surface area contributed by atoms with Crippen LogP contribution in [0.25, 0.3) is 0 Å². The molecule has 1 N–H and O–H groups in total. The molecule has 17 heavy (non-hydrogen) atoms. The molecule has 4 nitrogen and oxygen atoms in total. The Morgan fingerprint density at radius 3 is 2.47 bits per heavy atom. The number of anilines is 1. The molecule has 4 heteroatoms. The fourth-order valence-electron chi connectivity index (χ4n) is 1.97. The molecule has 0 spiro atoms. The van der Waals surface area contributed by atoms with E-state index in [2.05, 4.69) is 36.1 Å². The Morgan fingerprint density at radius 1 is 1.24 bits per heavy atom. The second-order valence-corrected chi connectivity index (χ2v) is 3.93. The van der Waals surface area contributed by atoms with Gasteiger partial charge in [0.15, 0.2) is 5.82 Å². The summed E-state index contributed by atoms with van der Waals surface area (Å²) < 4.78 is 5.89. The maximum Gasteiger partial charge on any atom is 0.162 e. The first kappa shape index (κ1) is 13.9. The molecule has 0 unspecified atom stereocenters. The van der Waals surface area contributed by atoms with E-state index < -0.39 is 0 Å². The van der Waals surface area contributed by atoms with Gasteiger partial charge in [-0.05, 0) is 32.8 Å². The van der Waals surface area contributed by atoms with E-state index in [0.717, 1.165) is 31.0 Å². The van der Waals surface area contributed by atoms with Gasteiger partial charge >= 0.3 is 0 Å². The SMILES string of the molecule is CCNc1ccnc(C(CC)(CC)OCC)n1. The standard InChI is InChI=1S/C13H23N3O/c1-5-13(6-2,17-8-4)12-15-10-9-11(16-12)14-7-3/h9-10H,5-8H2,1-4H3,(H,14,15,16). The fraction of sp³-hybridized carbons (Fsp3) is 0.692. The molecular formula is C13H23N3O. The van der Waals surface area contributed by atoms with E-state index in [1.54, 1.807) is 6.20 Å². The highest BCUT2D eigenvalue weighted by Crippen LogP contribution is 2.30. The molecule has 0 radical (unpaired) electrons. The minimum Gasteiger partial charge on any atom is -0.370 e. The number of hydrogen-bond acceptors (Lipinski definition) is 4. The van der Waals surface area contributed by atoms with Gasteiger partial charge in [-0.15, -0.1) is 0 Å². The van der Waals surface area contributed by atoms with E-state index >= 15 is 0 Å². The van der Waals surface area contributed by atoms with Crippen molar-refractivity contribution in [2.24, 2.45) is 0 Å². The maximum absolute atomic E-state index is 5.89. The molecule has 0 aromatic carbocycles. The van der Waals surface area contributed by atoms with E-state index in [0.29, 0.717) is 6.61 Å². The summed E-state index contributed by atoms with van der Waals surface area (Å²) in [6.07, 6.45) is 3.55. The Labute approximate surface area is 104 Å². The maximum atomic E-state index is 5.89. The summed E-state index contributed by atoms with van der Waals surface area (Å²) in [6.45, 7) is 9.82. The lowest BCUT2D eigenvalue weighted by molar-refractivity contribution is -0.0570. The Morgan fingerprint density at radius 2 is 1.94 bits per heavy atom. The highest BCUT2D eigenvalue weighted by Gasteiger charge is 2.32. The van der Waals surface area contributed by atoms with Crippen LogP contribution < -0.4 is 5.32 Å². The first-order chi connectivity index (χ1) is 8.22. The van der Waals surface area contributed by atoms with Crippen molar-refractivity contribution >= 4 is 5.82 Å². The van der Waals surface area contributed by atoms with Crippen LogP contribution in [0.3, 0.4) is 0 Å². The van der Waals surface area contributed by atoms with E-state index in [4.69, 9.17) is 4.74 Å². The van der Waals surface area contributed by atoms with Crippen LogP contribution in [-0.2, 0) is 10.3 Å². The van der Waals surface area contributed by atoms with Crippen molar-refractivity contribution in [2.75, 3.05) is 18.5 Å². The Hall–Kier alpha value is -1.16. The second kappa shape index (κ2) is 6.55. The average Bonchev–Trinajstić information content (AvgIpc) is 2.37. The van der Waals surface area contributed by atoms with Crippen molar-refractivity contribution in [1.29, 1.82) is 0 Å². The van der Waals surface area contributed by atoms with E-state index in [9.17, 15) is 0 Å². The molecule has 1 rings (SSSR count). The van der Waals surface area contributed by atoms with Gasteiger partial charge in [0.2, 0.25) is 0 Å². The van der Waals surface area contributed by atoms with Crippen LogP contribution in [0.15, 0.2) is 12.3 Å². The minimum atomic E-state index is -0.347. The first-order valence-electron chi connectivity index (χ1n) is 6.43. The van der Waals surface area contributed by atoms with Crippen LogP contribution >= 0.6 is 0 Å². The van der Waals surface area contributed by atoms with Gasteiger partial charge in [0.05, 0.1) is 0 Å². The van der Waals surface area contributed by atoms with Gasteiger partial charge in [0, 0.05) is 19.3 Å². The van der Waals surface area contributed by atoms with Crippen LogP contribution in [0, 0.1) is 0 Å². The van der Waals surface area contributed by atoms with E-state index in [1.165, 1.54) is 0 Å². The summed E-state index contributed by atoms with van der Waals surface area (Å²) in [5, 5.41) is 3.20. The number of nitrogens with one attached hydrogen (secondary N) is 1. The van der Waals surface area contributed by atoms with Crippen molar-refractivity contribution in [3.05, 3.63) is 18.1 Å². The van der Waals surface area contributed by atoms with Gasteiger partial charge < -0.3 is 10.1 Å². The third kappa shape index (κ3) is 3.16. The largest absolute Gasteiger partial charge is 0.370 e. The van der Waals surface area contributed by atoms with Gasteiger partial charge in [-0.2, -0.15) is 0 Å². The van der Waals surface area contributed by atoms with Crippen molar-refractivity contribution in [1.82, 2.24) is 9.97 Å². The predicted molar refractivity (Wildman–Crippen MR) is 70.1 cm³/mol. The number of aromatic nitrogens is 2. The molecule has 0 atom stereocenters. The molecule has 1 heterocycles. The van der Waals surface area contributed by atoms with Crippen LogP contribution in [0.2, 0.25) is 0 Å². The molecule has 0 bridgehead atoms. The molecule has 0 fully saturated rings. The summed E-state index contributed by atoms with van der Waals surface area (Å²) in [5.41, 5.74) is -0.347. The fourth-order valence-corrected chi connectivity index (χ4v) is 1.97. The Kier molecular flexibility index (Phi) is 5.35.